The summed E-state index contributed by atoms with van der Waals surface area (Å²) in [7, 11) is -4.15. The van der Waals surface area contributed by atoms with Crippen LogP contribution < -0.4 is 0 Å². The summed E-state index contributed by atoms with van der Waals surface area (Å²) in [5.74, 6) is 0. The van der Waals surface area contributed by atoms with E-state index in [4.69, 9.17) is 16.2 Å². The van der Waals surface area contributed by atoms with Crippen LogP contribution in [0.1, 0.15) is 0 Å². The van der Waals surface area contributed by atoms with Gasteiger partial charge in [-0.15, -0.1) is 12.4 Å². The fourth-order valence-corrected chi connectivity index (χ4v) is 1.28. The van der Waals surface area contributed by atoms with Crippen molar-refractivity contribution in [3.05, 3.63) is 23.5 Å². The van der Waals surface area contributed by atoms with Gasteiger partial charge in [-0.1, -0.05) is 11.6 Å². The van der Waals surface area contributed by atoms with Gasteiger partial charge in [0, 0.05) is 6.20 Å². The van der Waals surface area contributed by atoms with Gasteiger partial charge in [0.1, 0.15) is 5.15 Å². The second-order valence-corrected chi connectivity index (χ2v) is 3.60. The number of rotatable bonds is 1. The van der Waals surface area contributed by atoms with Crippen molar-refractivity contribution in [3.8, 4) is 0 Å². The van der Waals surface area contributed by atoms with E-state index in [1.165, 1.54) is 6.20 Å². The molecule has 0 amide bonds. The Kier molecular flexibility index (Phi) is 3.92. The quantitative estimate of drug-likeness (QED) is 0.584. The first-order chi connectivity index (χ1) is 5.00. The molecule has 0 radical (unpaired) electrons. The van der Waals surface area contributed by atoms with Gasteiger partial charge in [0.2, 0.25) is 0 Å². The van der Waals surface area contributed by atoms with Gasteiger partial charge in [0.05, 0.1) is 4.90 Å². The van der Waals surface area contributed by atoms with Crippen molar-refractivity contribution in [2.24, 2.45) is 0 Å². The lowest BCUT2D eigenvalue weighted by atomic mass is 10.5. The second kappa shape index (κ2) is 4.04. The van der Waals surface area contributed by atoms with Crippen molar-refractivity contribution in [1.82, 2.24) is 4.98 Å². The fraction of sp³-hybridized carbons (Fsp3) is 0. The third-order valence-electron chi connectivity index (χ3n) is 0.996. The van der Waals surface area contributed by atoms with Crippen LogP contribution in [0.25, 0.3) is 0 Å². The summed E-state index contributed by atoms with van der Waals surface area (Å²) in [4.78, 5) is 3.29. The summed E-state index contributed by atoms with van der Waals surface area (Å²) in [6.07, 6.45) is 1.20. The van der Waals surface area contributed by atoms with Crippen LogP contribution in [0.2, 0.25) is 5.15 Å². The van der Waals surface area contributed by atoms with Crippen molar-refractivity contribution in [2.45, 2.75) is 4.90 Å². The van der Waals surface area contributed by atoms with Gasteiger partial charge in [0.25, 0.3) is 10.1 Å². The maximum atomic E-state index is 10.5. The Hall–Kier alpha value is -0.360. The lowest BCUT2D eigenvalue weighted by Crippen LogP contribution is -1.97. The minimum absolute atomic E-state index is 0. The zero-order chi connectivity index (χ0) is 8.48. The van der Waals surface area contributed by atoms with Crippen molar-refractivity contribution in [3.63, 3.8) is 0 Å². The van der Waals surface area contributed by atoms with Gasteiger partial charge in [-0.3, -0.25) is 4.55 Å². The molecule has 0 bridgehead atoms. The third-order valence-corrected chi connectivity index (χ3v) is 2.05. The summed E-state index contributed by atoms with van der Waals surface area (Å²) >= 11 is 5.36. The summed E-state index contributed by atoms with van der Waals surface area (Å²) in [6.45, 7) is 0. The average molecular weight is 230 g/mol. The smallest absolute Gasteiger partial charge is 0.282 e. The summed E-state index contributed by atoms with van der Waals surface area (Å²) in [5.41, 5.74) is 0. The second-order valence-electron chi connectivity index (χ2n) is 1.79. The molecule has 0 unspecified atom stereocenters. The largest absolute Gasteiger partial charge is 0.294 e. The fourth-order valence-electron chi connectivity index (χ4n) is 0.545. The molecular formula is C5H5Cl2NO3S. The highest BCUT2D eigenvalue weighted by Crippen LogP contribution is 2.11. The Bertz CT molecular complexity index is 365. The molecule has 12 heavy (non-hydrogen) atoms. The van der Waals surface area contributed by atoms with Crippen LogP contribution in [-0.4, -0.2) is 18.0 Å². The Balaban J connectivity index is 0.00000121. The molecule has 0 aliphatic heterocycles. The highest BCUT2D eigenvalue weighted by atomic mass is 35.5. The highest BCUT2D eigenvalue weighted by Gasteiger charge is 2.08. The minimum Gasteiger partial charge on any atom is -0.282 e. The van der Waals surface area contributed by atoms with Crippen molar-refractivity contribution in [1.29, 1.82) is 0 Å². The van der Waals surface area contributed by atoms with Crippen LogP contribution in [0.3, 0.4) is 0 Å². The molecule has 0 aliphatic carbocycles. The monoisotopic (exact) mass is 229 g/mol. The molecule has 0 saturated heterocycles. The van der Waals surface area contributed by atoms with E-state index in [0.717, 1.165) is 12.1 Å². The number of aromatic nitrogens is 1. The Morgan fingerprint density at radius 3 is 2.42 bits per heavy atom. The van der Waals surface area contributed by atoms with Gasteiger partial charge in [-0.05, 0) is 12.1 Å². The lowest BCUT2D eigenvalue weighted by molar-refractivity contribution is 0.483. The van der Waals surface area contributed by atoms with Gasteiger partial charge >= 0.3 is 0 Å². The molecule has 1 aromatic heterocycles. The zero-order valence-electron chi connectivity index (χ0n) is 5.64. The predicted octanol–water partition coefficient (Wildman–Crippen LogP) is 1.40. The van der Waals surface area contributed by atoms with E-state index in [9.17, 15) is 8.42 Å². The number of pyridine rings is 1. The van der Waals surface area contributed by atoms with Gasteiger partial charge in [-0.25, -0.2) is 4.98 Å². The van der Waals surface area contributed by atoms with Crippen LogP contribution in [0.15, 0.2) is 23.2 Å². The molecule has 0 saturated carbocycles. The molecule has 1 heterocycles. The summed E-state index contributed by atoms with van der Waals surface area (Å²) < 4.78 is 29.4. The number of hydrogen-bond acceptors (Lipinski definition) is 3. The average Bonchev–Trinajstić information content (AvgIpc) is 1.86. The molecule has 1 aromatic rings. The van der Waals surface area contributed by atoms with Gasteiger partial charge < -0.3 is 0 Å². The van der Waals surface area contributed by atoms with Crippen LogP contribution in [0.4, 0.5) is 0 Å². The van der Waals surface area contributed by atoms with E-state index in [1.54, 1.807) is 0 Å². The van der Waals surface area contributed by atoms with Crippen molar-refractivity contribution >= 4 is 34.1 Å². The molecule has 0 atom stereocenters. The number of nitrogens with zero attached hydrogens (tertiary/aromatic N) is 1. The molecule has 0 fully saturated rings. The van der Waals surface area contributed by atoms with Crippen molar-refractivity contribution < 1.29 is 13.0 Å². The maximum Gasteiger partial charge on any atom is 0.294 e. The van der Waals surface area contributed by atoms with Gasteiger partial charge in [0.15, 0.2) is 0 Å². The molecular weight excluding hydrogens is 225 g/mol. The normalized spacial score (nSPS) is 10.5. The van der Waals surface area contributed by atoms with Crippen LogP contribution in [0, 0.1) is 0 Å². The SMILES string of the molecule is Cl.O=S(=O)(O)c1ccnc(Cl)c1. The predicted molar refractivity (Wildman–Crippen MR) is 46.3 cm³/mol. The highest BCUT2D eigenvalue weighted by molar-refractivity contribution is 7.85. The molecule has 0 aromatic carbocycles. The molecule has 68 valence electrons. The Labute approximate surface area is 80.7 Å². The number of hydrogen-bond donors (Lipinski definition) is 1. The van der Waals surface area contributed by atoms with E-state index in [0.29, 0.717) is 0 Å². The maximum absolute atomic E-state index is 10.5. The molecule has 0 aliphatic rings. The minimum atomic E-state index is -4.15. The first-order valence-corrected chi connectivity index (χ1v) is 4.41. The first-order valence-electron chi connectivity index (χ1n) is 2.59. The Morgan fingerprint density at radius 2 is 2.08 bits per heavy atom. The van der Waals surface area contributed by atoms with E-state index < -0.39 is 10.1 Å². The molecule has 0 spiro atoms. The van der Waals surface area contributed by atoms with Crippen LogP contribution >= 0.6 is 24.0 Å². The topological polar surface area (TPSA) is 67.3 Å². The molecule has 1 rings (SSSR count). The first kappa shape index (κ1) is 11.6. The molecule has 7 heteroatoms. The van der Waals surface area contributed by atoms with E-state index in [2.05, 4.69) is 4.98 Å². The molecule has 1 N–H and O–H groups in total. The molecule has 4 nitrogen and oxygen atoms in total. The van der Waals surface area contributed by atoms with E-state index in [-0.39, 0.29) is 22.5 Å². The zero-order valence-corrected chi connectivity index (χ0v) is 8.03. The van der Waals surface area contributed by atoms with Gasteiger partial charge in [-0.2, -0.15) is 8.42 Å². The summed E-state index contributed by atoms with van der Waals surface area (Å²) in [5, 5.41) is 0.0279. The summed E-state index contributed by atoms with van der Waals surface area (Å²) in [6, 6.07) is 2.22. The van der Waals surface area contributed by atoms with E-state index >= 15 is 0 Å². The lowest BCUT2D eigenvalue weighted by Gasteiger charge is -1.94. The third kappa shape index (κ3) is 2.94. The number of halogens is 2. The van der Waals surface area contributed by atoms with Crippen molar-refractivity contribution in [2.75, 3.05) is 0 Å². The van der Waals surface area contributed by atoms with Crippen LogP contribution in [0.5, 0.6) is 0 Å². The Morgan fingerprint density at radius 1 is 1.50 bits per heavy atom. The van der Waals surface area contributed by atoms with E-state index in [1.807, 2.05) is 0 Å². The van der Waals surface area contributed by atoms with Crippen LogP contribution in [-0.2, 0) is 10.1 Å². The standard InChI is InChI=1S/C5H4ClNO3S.ClH/c6-5-3-4(1-2-7-5)11(8,9)10;/h1-3H,(H,8,9,10);1H.